The normalized spacial score (nSPS) is 17.1. The van der Waals surface area contributed by atoms with E-state index in [-0.39, 0.29) is 49.1 Å². The Labute approximate surface area is 228 Å². The Bertz CT molecular complexity index is 1480. The van der Waals surface area contributed by atoms with Gasteiger partial charge in [-0.15, -0.1) is 0 Å². The lowest BCUT2D eigenvalue weighted by Gasteiger charge is -2.34. The number of aromatic nitrogens is 1. The van der Waals surface area contributed by atoms with Crippen molar-refractivity contribution in [1.82, 2.24) is 19.1 Å². The first-order valence-corrected chi connectivity index (χ1v) is 14.7. The average Bonchev–Trinajstić information content (AvgIpc) is 3.37. The number of carbonyl (C=O) groups excluding carboxylic acids is 2. The molecule has 0 unspecified atom stereocenters. The Morgan fingerprint density at radius 3 is 2.23 bits per heavy atom. The Kier molecular flexibility index (Phi) is 7.69. The highest BCUT2D eigenvalue weighted by atomic mass is 32.2. The van der Waals surface area contributed by atoms with Crippen LogP contribution in [0.3, 0.4) is 0 Å². The van der Waals surface area contributed by atoms with Gasteiger partial charge in [-0.1, -0.05) is 11.3 Å². The summed E-state index contributed by atoms with van der Waals surface area (Å²) in [6, 6.07) is 7.91. The lowest BCUT2D eigenvalue weighted by Crippen LogP contribution is -2.50. The number of nitrogens with zero attached hydrogens (tertiary/aromatic N) is 5. The number of fused-ring (bicyclic) bond motifs is 1. The van der Waals surface area contributed by atoms with Crippen molar-refractivity contribution in [3.8, 4) is 0 Å². The van der Waals surface area contributed by atoms with Crippen LogP contribution in [0.2, 0.25) is 0 Å². The summed E-state index contributed by atoms with van der Waals surface area (Å²) in [7, 11) is -3.78. The zero-order valence-corrected chi connectivity index (χ0v) is 22.8. The van der Waals surface area contributed by atoms with Gasteiger partial charge in [0.15, 0.2) is 10.9 Å². The molecule has 1 aromatic heterocycles. The summed E-state index contributed by atoms with van der Waals surface area (Å²) >= 11 is 1.20. The van der Waals surface area contributed by atoms with Crippen LogP contribution in [-0.4, -0.2) is 98.5 Å². The fraction of sp³-hybridized carbons (Fsp3) is 0.400. The molecule has 0 spiro atoms. The minimum atomic E-state index is -3.78. The quantitative estimate of drug-likeness (QED) is 0.458. The van der Waals surface area contributed by atoms with Gasteiger partial charge < -0.3 is 19.4 Å². The minimum Gasteiger partial charge on any atom is -0.450 e. The molecule has 2 amide bonds. The molecule has 0 aliphatic carbocycles. The van der Waals surface area contributed by atoms with E-state index in [1.165, 1.54) is 50.9 Å². The summed E-state index contributed by atoms with van der Waals surface area (Å²) < 4.78 is 60.5. The highest BCUT2D eigenvalue weighted by Gasteiger charge is 2.31. The van der Waals surface area contributed by atoms with Gasteiger partial charge in [-0.25, -0.2) is 27.0 Å². The van der Waals surface area contributed by atoms with Gasteiger partial charge in [-0.3, -0.25) is 4.79 Å². The molecule has 208 valence electrons. The zero-order valence-electron chi connectivity index (χ0n) is 21.2. The molecule has 0 atom stereocenters. The van der Waals surface area contributed by atoms with Crippen molar-refractivity contribution in [2.45, 2.75) is 11.8 Å². The summed E-state index contributed by atoms with van der Waals surface area (Å²) in [5.74, 6) is -1.58. The van der Waals surface area contributed by atoms with Crippen molar-refractivity contribution in [3.05, 3.63) is 53.6 Å². The van der Waals surface area contributed by atoms with E-state index in [4.69, 9.17) is 4.74 Å². The fourth-order valence-electron chi connectivity index (χ4n) is 4.61. The molecule has 14 heteroatoms. The third-order valence-electron chi connectivity index (χ3n) is 6.74. The number of carbonyl (C=O) groups is 2. The summed E-state index contributed by atoms with van der Waals surface area (Å²) in [4.78, 5) is 34.4. The zero-order chi connectivity index (χ0) is 27.7. The first kappa shape index (κ1) is 27.2. The molecular formula is C25H27F2N5O5S2. The molecule has 2 fully saturated rings. The van der Waals surface area contributed by atoms with Gasteiger partial charge >= 0.3 is 6.09 Å². The van der Waals surface area contributed by atoms with Crippen LogP contribution < -0.4 is 4.90 Å². The molecule has 3 heterocycles. The van der Waals surface area contributed by atoms with Gasteiger partial charge in [0.2, 0.25) is 10.0 Å². The van der Waals surface area contributed by atoms with Crippen LogP contribution in [0.1, 0.15) is 17.3 Å². The van der Waals surface area contributed by atoms with Crippen LogP contribution in [0.25, 0.3) is 10.2 Å². The number of benzene rings is 2. The second-order valence-corrected chi connectivity index (χ2v) is 12.1. The first-order chi connectivity index (χ1) is 18.7. The predicted molar refractivity (Wildman–Crippen MR) is 141 cm³/mol. The van der Waals surface area contributed by atoms with Crippen molar-refractivity contribution in [2.24, 2.45) is 0 Å². The number of sulfonamides is 1. The molecule has 0 bridgehead atoms. The first-order valence-electron chi connectivity index (χ1n) is 12.5. The summed E-state index contributed by atoms with van der Waals surface area (Å²) in [5, 5.41) is 0.569. The number of halogens is 2. The average molecular weight is 580 g/mol. The smallest absolute Gasteiger partial charge is 0.409 e. The maximum atomic E-state index is 14.0. The topological polar surface area (TPSA) is 103 Å². The molecule has 39 heavy (non-hydrogen) atoms. The van der Waals surface area contributed by atoms with Crippen molar-refractivity contribution in [2.75, 3.05) is 63.9 Å². The van der Waals surface area contributed by atoms with Gasteiger partial charge in [-0.05, 0) is 37.3 Å². The van der Waals surface area contributed by atoms with Crippen molar-refractivity contribution in [3.63, 3.8) is 0 Å². The third kappa shape index (κ3) is 5.54. The number of anilines is 1. The van der Waals surface area contributed by atoms with Gasteiger partial charge in [-0.2, -0.15) is 4.31 Å². The van der Waals surface area contributed by atoms with E-state index in [9.17, 15) is 26.8 Å². The minimum absolute atomic E-state index is 0.0768. The van der Waals surface area contributed by atoms with Crippen molar-refractivity contribution in [1.29, 1.82) is 0 Å². The molecule has 0 saturated carbocycles. The number of amides is 2. The highest BCUT2D eigenvalue weighted by molar-refractivity contribution is 7.89. The highest BCUT2D eigenvalue weighted by Crippen LogP contribution is 2.31. The van der Waals surface area contributed by atoms with Crippen LogP contribution in [0.15, 0.2) is 41.3 Å². The monoisotopic (exact) mass is 579 g/mol. The largest absolute Gasteiger partial charge is 0.450 e. The summed E-state index contributed by atoms with van der Waals surface area (Å²) in [6.45, 7) is 4.50. The molecule has 2 aliphatic heterocycles. The van der Waals surface area contributed by atoms with E-state index >= 15 is 0 Å². The number of hydrogen-bond acceptors (Lipinski definition) is 8. The standard InChI is InChI=1S/C25H27F2N5O5S2/c1-2-37-25(34)31-11-13-32(14-12-31)39(35,36)19-5-3-17(4-6-19)23(33)29-7-9-30(10-8-29)24-28-22-20(27)15-18(26)16-21(22)38-24/h3-6,15-16H,2,7-14H2,1H3. The van der Waals surface area contributed by atoms with Gasteiger partial charge in [0.05, 0.1) is 16.2 Å². The van der Waals surface area contributed by atoms with Crippen molar-refractivity contribution >= 4 is 48.7 Å². The molecule has 0 radical (unpaired) electrons. The maximum absolute atomic E-state index is 14.0. The number of hydrogen-bond donors (Lipinski definition) is 0. The van der Waals surface area contributed by atoms with Crippen LogP contribution in [0.4, 0.5) is 18.7 Å². The molecule has 0 N–H and O–H groups in total. The van der Waals surface area contributed by atoms with Crippen molar-refractivity contribution < 1.29 is 31.5 Å². The number of thiazole rings is 1. The molecule has 10 nitrogen and oxygen atoms in total. The molecule has 3 aromatic rings. The Morgan fingerprint density at radius 1 is 0.949 bits per heavy atom. The SMILES string of the molecule is CCOC(=O)N1CCN(S(=O)(=O)c2ccc(C(=O)N3CCN(c4nc5c(F)cc(F)cc5s4)CC3)cc2)CC1. The summed E-state index contributed by atoms with van der Waals surface area (Å²) in [5.41, 5.74) is 0.498. The van der Waals surface area contributed by atoms with E-state index in [2.05, 4.69) is 4.98 Å². The third-order valence-corrected chi connectivity index (χ3v) is 9.72. The summed E-state index contributed by atoms with van der Waals surface area (Å²) in [6.07, 6.45) is -0.456. The molecule has 2 saturated heterocycles. The van der Waals surface area contributed by atoms with E-state index in [1.807, 2.05) is 4.90 Å². The van der Waals surface area contributed by atoms with Gasteiger partial charge in [0, 0.05) is 64.0 Å². The Balaban J connectivity index is 1.19. The molecular weight excluding hydrogens is 552 g/mol. The van der Waals surface area contributed by atoms with Crippen LogP contribution in [0.5, 0.6) is 0 Å². The van der Waals surface area contributed by atoms with Gasteiger partial charge in [0.25, 0.3) is 5.91 Å². The van der Waals surface area contributed by atoms with E-state index in [0.29, 0.717) is 41.6 Å². The Morgan fingerprint density at radius 2 is 1.59 bits per heavy atom. The number of rotatable bonds is 5. The fourth-order valence-corrected chi connectivity index (χ4v) is 7.09. The predicted octanol–water partition coefficient (Wildman–Crippen LogP) is 3.00. The van der Waals surface area contributed by atoms with E-state index in [0.717, 1.165) is 6.07 Å². The maximum Gasteiger partial charge on any atom is 0.409 e. The lowest BCUT2D eigenvalue weighted by atomic mass is 10.2. The number of piperazine rings is 2. The Hall–Kier alpha value is -3.36. The van der Waals surface area contributed by atoms with Gasteiger partial charge in [0.1, 0.15) is 11.3 Å². The number of ether oxygens (including phenoxy) is 1. The second-order valence-electron chi connectivity index (χ2n) is 9.12. The van der Waals surface area contributed by atoms with Crippen LogP contribution >= 0.6 is 11.3 Å². The van der Waals surface area contributed by atoms with E-state index < -0.39 is 27.8 Å². The van der Waals surface area contributed by atoms with Crippen LogP contribution in [-0.2, 0) is 14.8 Å². The van der Waals surface area contributed by atoms with Crippen LogP contribution in [0, 0.1) is 11.6 Å². The molecule has 2 aliphatic rings. The second kappa shape index (κ2) is 11.0. The molecule has 2 aromatic carbocycles. The lowest BCUT2D eigenvalue weighted by molar-refractivity contribution is 0.0746. The molecule has 5 rings (SSSR count). The van der Waals surface area contributed by atoms with E-state index in [1.54, 1.807) is 11.8 Å².